The number of rotatable bonds is 5. The fourth-order valence-corrected chi connectivity index (χ4v) is 2.07. The van der Waals surface area contributed by atoms with E-state index in [0.717, 1.165) is 0 Å². The number of carboxylic acids is 1. The number of hydrogen-bond donors (Lipinski definition) is 4. The zero-order chi connectivity index (χ0) is 15.1. The number of amides is 3. The van der Waals surface area contributed by atoms with Crippen LogP contribution in [0.2, 0.25) is 0 Å². The lowest BCUT2D eigenvalue weighted by Crippen LogP contribution is -2.49. The van der Waals surface area contributed by atoms with E-state index in [2.05, 4.69) is 10.6 Å². The van der Waals surface area contributed by atoms with Crippen molar-refractivity contribution < 1.29 is 24.6 Å². The first-order chi connectivity index (χ1) is 9.40. The van der Waals surface area contributed by atoms with Crippen molar-refractivity contribution in [1.29, 1.82) is 0 Å². The van der Waals surface area contributed by atoms with Crippen LogP contribution in [0, 0.1) is 0 Å². The zero-order valence-electron chi connectivity index (χ0n) is 11.5. The third-order valence-electron chi connectivity index (χ3n) is 3.17. The van der Waals surface area contributed by atoms with Crippen LogP contribution in [0.3, 0.4) is 0 Å². The molecule has 1 saturated heterocycles. The Kier molecular flexibility index (Phi) is 6.23. The van der Waals surface area contributed by atoms with E-state index in [4.69, 9.17) is 10.2 Å². The Bertz CT molecular complexity index is 366. The molecule has 0 aliphatic carbocycles. The van der Waals surface area contributed by atoms with Crippen molar-refractivity contribution >= 4 is 17.9 Å². The highest BCUT2D eigenvalue weighted by Gasteiger charge is 2.23. The minimum atomic E-state index is -1.46. The number of likely N-dealkylation sites (tertiary alicyclic amines) is 1. The highest BCUT2D eigenvalue weighted by Crippen LogP contribution is 2.10. The molecular formula is C12H21N3O5. The first-order valence-electron chi connectivity index (χ1n) is 6.61. The fourth-order valence-electron chi connectivity index (χ4n) is 2.07. The second kappa shape index (κ2) is 7.68. The Balaban J connectivity index is 2.22. The average Bonchev–Trinajstić information content (AvgIpc) is 2.38. The van der Waals surface area contributed by atoms with Crippen LogP contribution in [0.1, 0.15) is 26.2 Å². The van der Waals surface area contributed by atoms with Crippen molar-refractivity contribution in [3.63, 3.8) is 0 Å². The maximum Gasteiger partial charge on any atom is 0.332 e. The van der Waals surface area contributed by atoms with Crippen LogP contribution in [-0.4, -0.2) is 64.8 Å². The smallest absolute Gasteiger partial charge is 0.332 e. The van der Waals surface area contributed by atoms with Gasteiger partial charge in [0.25, 0.3) is 0 Å². The van der Waals surface area contributed by atoms with Crippen LogP contribution in [0.15, 0.2) is 0 Å². The number of aliphatic hydroxyl groups excluding tert-OH is 1. The van der Waals surface area contributed by atoms with Gasteiger partial charge in [-0.2, -0.15) is 0 Å². The number of hydrogen-bond acceptors (Lipinski definition) is 4. The maximum absolute atomic E-state index is 11.8. The molecule has 1 atom stereocenters. The maximum atomic E-state index is 11.8. The van der Waals surface area contributed by atoms with E-state index >= 15 is 0 Å². The van der Waals surface area contributed by atoms with E-state index in [9.17, 15) is 14.4 Å². The molecule has 8 nitrogen and oxygen atoms in total. The van der Waals surface area contributed by atoms with Gasteiger partial charge in [0.1, 0.15) is 0 Å². The van der Waals surface area contributed by atoms with Gasteiger partial charge in [0.15, 0.2) is 6.10 Å². The summed E-state index contributed by atoms with van der Waals surface area (Å²) in [5.41, 5.74) is 0. The van der Waals surface area contributed by atoms with Crippen LogP contribution in [0.5, 0.6) is 0 Å². The lowest BCUT2D eigenvalue weighted by Gasteiger charge is -2.32. The first-order valence-corrected chi connectivity index (χ1v) is 6.61. The van der Waals surface area contributed by atoms with Crippen molar-refractivity contribution in [3.05, 3.63) is 0 Å². The van der Waals surface area contributed by atoms with Gasteiger partial charge < -0.3 is 25.7 Å². The van der Waals surface area contributed by atoms with Crippen LogP contribution in [0.4, 0.5) is 4.79 Å². The minimum Gasteiger partial charge on any atom is -0.479 e. The van der Waals surface area contributed by atoms with Gasteiger partial charge >= 0.3 is 12.0 Å². The van der Waals surface area contributed by atoms with Gasteiger partial charge in [0.05, 0.1) is 0 Å². The number of aliphatic hydroxyl groups is 1. The van der Waals surface area contributed by atoms with E-state index in [1.165, 1.54) is 6.92 Å². The summed E-state index contributed by atoms with van der Waals surface area (Å²) in [5, 5.41) is 22.9. The van der Waals surface area contributed by atoms with Crippen molar-refractivity contribution in [2.24, 2.45) is 0 Å². The first kappa shape index (κ1) is 16.2. The highest BCUT2D eigenvalue weighted by molar-refractivity contribution is 5.75. The number of nitrogens with one attached hydrogen (secondary N) is 2. The number of carboxylic acid groups (broad SMARTS) is 1. The van der Waals surface area contributed by atoms with Gasteiger partial charge in [-0.25, -0.2) is 9.59 Å². The highest BCUT2D eigenvalue weighted by atomic mass is 16.4. The Morgan fingerprint density at radius 2 is 1.90 bits per heavy atom. The molecule has 1 aliphatic rings. The van der Waals surface area contributed by atoms with Crippen LogP contribution in [0.25, 0.3) is 0 Å². The molecule has 1 fully saturated rings. The predicted molar refractivity (Wildman–Crippen MR) is 70.1 cm³/mol. The monoisotopic (exact) mass is 287 g/mol. The van der Waals surface area contributed by atoms with E-state index < -0.39 is 12.1 Å². The molecule has 4 N–H and O–H groups in total. The molecule has 0 bridgehead atoms. The van der Waals surface area contributed by atoms with Gasteiger partial charge in [-0.15, -0.1) is 0 Å². The molecule has 1 aliphatic heterocycles. The Labute approximate surface area is 117 Å². The molecule has 3 amide bonds. The van der Waals surface area contributed by atoms with Crippen molar-refractivity contribution in [2.75, 3.05) is 19.6 Å². The second-order valence-electron chi connectivity index (χ2n) is 4.84. The van der Waals surface area contributed by atoms with Gasteiger partial charge in [0, 0.05) is 39.0 Å². The normalized spacial score (nSPS) is 17.4. The summed E-state index contributed by atoms with van der Waals surface area (Å²) in [6, 6.07) is -0.172. The molecule has 0 radical (unpaired) electrons. The van der Waals surface area contributed by atoms with Crippen molar-refractivity contribution in [3.8, 4) is 0 Å². The number of carbonyl (C=O) groups excluding carboxylic acids is 2. The number of urea groups is 1. The molecule has 1 unspecified atom stereocenters. The Morgan fingerprint density at radius 1 is 1.30 bits per heavy atom. The summed E-state index contributed by atoms with van der Waals surface area (Å²) < 4.78 is 0. The van der Waals surface area contributed by atoms with Gasteiger partial charge in [-0.3, -0.25) is 4.79 Å². The third kappa shape index (κ3) is 5.43. The summed E-state index contributed by atoms with van der Waals surface area (Å²) in [7, 11) is 0. The molecule has 1 rings (SSSR count). The van der Waals surface area contributed by atoms with E-state index in [1.807, 2.05) is 0 Å². The summed E-state index contributed by atoms with van der Waals surface area (Å²) in [6.07, 6.45) is -0.0836. The molecule has 1 heterocycles. The van der Waals surface area contributed by atoms with E-state index in [-0.39, 0.29) is 30.9 Å². The second-order valence-corrected chi connectivity index (χ2v) is 4.84. The Hall–Kier alpha value is -1.83. The molecule has 8 heteroatoms. The minimum absolute atomic E-state index is 0.0244. The molecule has 0 spiro atoms. The largest absolute Gasteiger partial charge is 0.479 e. The quantitative estimate of drug-likeness (QED) is 0.524. The molecular weight excluding hydrogens is 266 g/mol. The number of nitrogens with zero attached hydrogens (tertiary/aromatic N) is 1. The SMILES string of the molecule is CC(=O)NC1CCN(C(=O)NCCC(O)C(=O)O)CC1. The predicted octanol–water partition coefficient (Wildman–Crippen LogP) is -0.868. The number of carbonyl (C=O) groups is 3. The number of piperidine rings is 1. The summed E-state index contributed by atoms with van der Waals surface area (Å²) in [6.45, 7) is 2.65. The molecule has 0 saturated carbocycles. The summed E-state index contributed by atoms with van der Waals surface area (Å²) in [5.74, 6) is -1.37. The lowest BCUT2D eigenvalue weighted by molar-refractivity contribution is -0.146. The van der Waals surface area contributed by atoms with Gasteiger partial charge in [-0.1, -0.05) is 0 Å². The third-order valence-corrected chi connectivity index (χ3v) is 3.17. The fraction of sp³-hybridized carbons (Fsp3) is 0.750. The lowest BCUT2D eigenvalue weighted by atomic mass is 10.1. The molecule has 0 aromatic heterocycles. The molecule has 20 heavy (non-hydrogen) atoms. The van der Waals surface area contributed by atoms with Crippen LogP contribution in [-0.2, 0) is 9.59 Å². The summed E-state index contributed by atoms with van der Waals surface area (Å²) >= 11 is 0. The van der Waals surface area contributed by atoms with Crippen LogP contribution < -0.4 is 10.6 Å². The Morgan fingerprint density at radius 3 is 2.40 bits per heavy atom. The van der Waals surface area contributed by atoms with Gasteiger partial charge in [0.2, 0.25) is 5.91 Å². The van der Waals surface area contributed by atoms with Crippen molar-refractivity contribution in [2.45, 2.75) is 38.3 Å². The van der Waals surface area contributed by atoms with E-state index in [1.54, 1.807) is 4.90 Å². The van der Waals surface area contributed by atoms with Crippen molar-refractivity contribution in [1.82, 2.24) is 15.5 Å². The topological polar surface area (TPSA) is 119 Å². The van der Waals surface area contributed by atoms with Gasteiger partial charge in [-0.05, 0) is 12.8 Å². The van der Waals surface area contributed by atoms with Crippen LogP contribution >= 0.6 is 0 Å². The summed E-state index contributed by atoms with van der Waals surface area (Å²) in [4.78, 5) is 34.7. The molecule has 0 aromatic rings. The molecule has 114 valence electrons. The zero-order valence-corrected chi connectivity index (χ0v) is 11.5. The van der Waals surface area contributed by atoms with E-state index in [0.29, 0.717) is 25.9 Å². The molecule has 0 aromatic carbocycles. The average molecular weight is 287 g/mol. The number of aliphatic carboxylic acids is 1. The standard InChI is InChI=1S/C12H21N3O5/c1-8(16)14-9-3-6-15(7-4-9)12(20)13-5-2-10(17)11(18)19/h9-10,17H,2-7H2,1H3,(H,13,20)(H,14,16)(H,18,19).